The lowest BCUT2D eigenvalue weighted by atomic mass is 10.2. The van der Waals surface area contributed by atoms with E-state index in [1.54, 1.807) is 0 Å². The molecule has 1 N–H and O–H groups in total. The number of nitrogens with one attached hydrogen (secondary N) is 1. The Hall–Kier alpha value is -0.860. The Labute approximate surface area is 161 Å². The summed E-state index contributed by atoms with van der Waals surface area (Å²) in [6, 6.07) is 8.38. The van der Waals surface area contributed by atoms with Crippen LogP contribution in [0.5, 0.6) is 0 Å². The number of ether oxygens (including phenoxy) is 1. The zero-order chi connectivity index (χ0) is 16.3. The molecule has 0 spiro atoms. The lowest BCUT2D eigenvalue weighted by Gasteiger charge is -2.24. The first kappa shape index (κ1) is 19.5. The number of halogens is 1. The molecule has 1 aromatic carbocycles. The van der Waals surface area contributed by atoms with Gasteiger partial charge in [0.05, 0.1) is 23.2 Å². The molecular formula is C18H29IN4O. The molecule has 0 unspecified atom stereocenters. The van der Waals surface area contributed by atoms with E-state index < -0.39 is 0 Å². The molecule has 6 heteroatoms. The summed E-state index contributed by atoms with van der Waals surface area (Å²) in [6.45, 7) is 12.0. The Kier molecular flexibility index (Phi) is 6.88. The highest BCUT2D eigenvalue weighted by molar-refractivity contribution is 14.0. The van der Waals surface area contributed by atoms with Crippen LogP contribution in [0.4, 0.5) is 5.95 Å². The average Bonchev–Trinajstić information content (AvgIpc) is 2.69. The Morgan fingerprint density at radius 2 is 1.96 bits per heavy atom. The Bertz CT molecular complexity index is 642. The van der Waals surface area contributed by atoms with E-state index in [1.807, 2.05) is 0 Å². The van der Waals surface area contributed by atoms with Gasteiger partial charge in [0.15, 0.2) is 0 Å². The minimum absolute atomic E-state index is 0. The molecule has 0 saturated carbocycles. The fourth-order valence-corrected chi connectivity index (χ4v) is 3.01. The monoisotopic (exact) mass is 444 g/mol. The van der Waals surface area contributed by atoms with Gasteiger partial charge in [-0.15, -0.1) is 24.0 Å². The molecule has 2 heterocycles. The molecule has 0 atom stereocenters. The predicted molar refractivity (Wildman–Crippen MR) is 111 cm³/mol. The van der Waals surface area contributed by atoms with E-state index in [9.17, 15) is 0 Å². The summed E-state index contributed by atoms with van der Waals surface area (Å²) in [7, 11) is 0. The van der Waals surface area contributed by atoms with Gasteiger partial charge in [0.2, 0.25) is 5.95 Å². The number of rotatable bonds is 4. The van der Waals surface area contributed by atoms with Gasteiger partial charge in [0.1, 0.15) is 0 Å². The van der Waals surface area contributed by atoms with Gasteiger partial charge < -0.3 is 19.5 Å². The number of anilines is 1. The van der Waals surface area contributed by atoms with Crippen molar-refractivity contribution in [2.24, 2.45) is 0 Å². The van der Waals surface area contributed by atoms with Crippen LogP contribution >= 0.6 is 24.0 Å². The minimum atomic E-state index is -0.108. The Morgan fingerprint density at radius 1 is 1.17 bits per heavy atom. The maximum Gasteiger partial charge on any atom is 0.206 e. The highest BCUT2D eigenvalue weighted by Crippen LogP contribution is 2.23. The van der Waals surface area contributed by atoms with Crippen LogP contribution in [0.3, 0.4) is 0 Å². The van der Waals surface area contributed by atoms with Crippen LogP contribution in [-0.4, -0.2) is 47.9 Å². The average molecular weight is 444 g/mol. The maximum absolute atomic E-state index is 5.94. The quantitative estimate of drug-likeness (QED) is 0.736. The molecule has 1 aliphatic rings. The van der Waals surface area contributed by atoms with Crippen molar-refractivity contribution >= 4 is 41.0 Å². The fraction of sp³-hybridized carbons (Fsp3) is 0.611. The molecule has 0 bridgehead atoms. The standard InChI is InChI=1S/C18H28N4O.HI/c1-18(2,3)23-14-13-22-16-8-5-4-7-15(16)20-17(22)21-11-6-9-19-10-12-21;/h4-5,7-8,19H,6,9-14H2,1-3H3;1H. The van der Waals surface area contributed by atoms with Crippen molar-refractivity contribution in [1.82, 2.24) is 14.9 Å². The van der Waals surface area contributed by atoms with Crippen molar-refractivity contribution < 1.29 is 4.74 Å². The first-order valence-corrected chi connectivity index (χ1v) is 8.59. The van der Waals surface area contributed by atoms with Gasteiger partial charge >= 0.3 is 0 Å². The van der Waals surface area contributed by atoms with Gasteiger partial charge in [-0.25, -0.2) is 4.98 Å². The lowest BCUT2D eigenvalue weighted by molar-refractivity contribution is -0.00638. The topological polar surface area (TPSA) is 42.3 Å². The van der Waals surface area contributed by atoms with E-state index in [2.05, 4.69) is 59.8 Å². The summed E-state index contributed by atoms with van der Waals surface area (Å²) in [5.74, 6) is 1.08. The van der Waals surface area contributed by atoms with Crippen molar-refractivity contribution in [3.8, 4) is 0 Å². The summed E-state index contributed by atoms with van der Waals surface area (Å²) in [5.41, 5.74) is 2.15. The second kappa shape index (κ2) is 8.49. The van der Waals surface area contributed by atoms with Crippen molar-refractivity contribution in [2.75, 3.05) is 37.7 Å². The highest BCUT2D eigenvalue weighted by atomic mass is 127. The molecule has 0 aliphatic carbocycles. The molecule has 2 aromatic rings. The third-order valence-electron chi connectivity index (χ3n) is 4.11. The Morgan fingerprint density at radius 3 is 2.75 bits per heavy atom. The molecule has 1 fully saturated rings. The number of para-hydroxylation sites is 2. The number of hydrogen-bond donors (Lipinski definition) is 1. The summed E-state index contributed by atoms with van der Waals surface area (Å²) < 4.78 is 8.25. The van der Waals surface area contributed by atoms with Crippen LogP contribution in [0.2, 0.25) is 0 Å². The largest absolute Gasteiger partial charge is 0.374 e. The summed E-state index contributed by atoms with van der Waals surface area (Å²) in [5, 5.41) is 3.46. The molecule has 1 saturated heterocycles. The summed E-state index contributed by atoms with van der Waals surface area (Å²) in [6.07, 6.45) is 1.15. The fourth-order valence-electron chi connectivity index (χ4n) is 3.01. The van der Waals surface area contributed by atoms with E-state index in [0.29, 0.717) is 6.61 Å². The Balaban J connectivity index is 0.00000208. The summed E-state index contributed by atoms with van der Waals surface area (Å²) in [4.78, 5) is 7.30. The molecule has 0 amide bonds. The molecule has 1 aromatic heterocycles. The number of nitrogens with zero attached hydrogens (tertiary/aromatic N) is 3. The third kappa shape index (κ3) is 4.83. The number of imidazole rings is 1. The first-order chi connectivity index (χ1) is 11.0. The van der Waals surface area contributed by atoms with Gasteiger partial charge in [-0.2, -0.15) is 0 Å². The van der Waals surface area contributed by atoms with Crippen LogP contribution in [0.15, 0.2) is 24.3 Å². The van der Waals surface area contributed by atoms with Gasteiger partial charge in [0, 0.05) is 26.2 Å². The summed E-state index contributed by atoms with van der Waals surface area (Å²) >= 11 is 0. The number of benzene rings is 1. The zero-order valence-electron chi connectivity index (χ0n) is 14.9. The number of fused-ring (bicyclic) bond motifs is 1. The second-order valence-electron chi connectivity index (χ2n) is 7.10. The van der Waals surface area contributed by atoms with Gasteiger partial charge in [-0.3, -0.25) is 0 Å². The van der Waals surface area contributed by atoms with E-state index in [4.69, 9.17) is 9.72 Å². The van der Waals surface area contributed by atoms with Crippen LogP contribution in [-0.2, 0) is 11.3 Å². The van der Waals surface area contributed by atoms with E-state index in [0.717, 1.165) is 50.6 Å². The van der Waals surface area contributed by atoms with Crippen molar-refractivity contribution in [1.29, 1.82) is 0 Å². The van der Waals surface area contributed by atoms with Crippen molar-refractivity contribution in [3.05, 3.63) is 24.3 Å². The van der Waals surface area contributed by atoms with Crippen LogP contribution < -0.4 is 10.2 Å². The van der Waals surface area contributed by atoms with Crippen molar-refractivity contribution in [3.63, 3.8) is 0 Å². The SMILES string of the molecule is CC(C)(C)OCCn1c(N2CCCNCC2)nc2ccccc21.I. The van der Waals surface area contributed by atoms with E-state index >= 15 is 0 Å². The normalized spacial score (nSPS) is 16.0. The smallest absolute Gasteiger partial charge is 0.206 e. The first-order valence-electron chi connectivity index (χ1n) is 8.59. The van der Waals surface area contributed by atoms with Crippen LogP contribution in [0.25, 0.3) is 11.0 Å². The molecule has 5 nitrogen and oxygen atoms in total. The van der Waals surface area contributed by atoms with Gasteiger partial charge in [0.25, 0.3) is 0 Å². The molecule has 134 valence electrons. The molecule has 0 radical (unpaired) electrons. The van der Waals surface area contributed by atoms with Crippen LogP contribution in [0, 0.1) is 0 Å². The number of aromatic nitrogens is 2. The molecule has 3 rings (SSSR count). The van der Waals surface area contributed by atoms with E-state index in [-0.39, 0.29) is 29.6 Å². The molecule has 24 heavy (non-hydrogen) atoms. The van der Waals surface area contributed by atoms with Crippen molar-refractivity contribution in [2.45, 2.75) is 39.3 Å². The second-order valence-corrected chi connectivity index (χ2v) is 7.10. The lowest BCUT2D eigenvalue weighted by Crippen LogP contribution is -2.31. The minimum Gasteiger partial charge on any atom is -0.374 e. The molecular weight excluding hydrogens is 415 g/mol. The van der Waals surface area contributed by atoms with E-state index in [1.165, 1.54) is 5.52 Å². The zero-order valence-corrected chi connectivity index (χ0v) is 17.2. The molecule has 1 aliphatic heterocycles. The number of hydrogen-bond acceptors (Lipinski definition) is 4. The third-order valence-corrected chi connectivity index (χ3v) is 4.11. The van der Waals surface area contributed by atoms with Crippen LogP contribution in [0.1, 0.15) is 27.2 Å². The predicted octanol–water partition coefficient (Wildman–Crippen LogP) is 3.27. The highest BCUT2D eigenvalue weighted by Gasteiger charge is 2.19. The maximum atomic E-state index is 5.94. The van der Waals surface area contributed by atoms with Gasteiger partial charge in [-0.05, 0) is 45.9 Å². The van der Waals surface area contributed by atoms with Gasteiger partial charge in [-0.1, -0.05) is 12.1 Å².